The zero-order chi connectivity index (χ0) is 37.0. The minimum absolute atomic E-state index is 0. The molecule has 2 unspecified atom stereocenters. The summed E-state index contributed by atoms with van der Waals surface area (Å²) in [6.45, 7) is 21.9. The number of aryl methyl sites for hydroxylation is 1. The fourth-order valence-corrected chi connectivity index (χ4v) is 18.6. The van der Waals surface area contributed by atoms with E-state index in [4.69, 9.17) is 0 Å². The van der Waals surface area contributed by atoms with Crippen LogP contribution in [0.5, 0.6) is 0 Å². The van der Waals surface area contributed by atoms with Gasteiger partial charge in [-0.15, -0.1) is 0 Å². The van der Waals surface area contributed by atoms with E-state index in [-0.39, 0.29) is 35.6 Å². The first-order valence-corrected chi connectivity index (χ1v) is 24.3. The van der Waals surface area contributed by atoms with Crippen LogP contribution in [-0.4, -0.2) is 3.21 Å². The molecule has 0 saturated carbocycles. The summed E-state index contributed by atoms with van der Waals surface area (Å²) < 4.78 is 4.45. The molecule has 0 radical (unpaired) electrons. The number of fused-ring (bicyclic) bond motifs is 3. The van der Waals surface area contributed by atoms with Crippen molar-refractivity contribution in [3.8, 4) is 11.1 Å². The van der Waals surface area contributed by atoms with E-state index < -0.39 is 21.3 Å². The normalized spacial score (nSPS) is 14.4. The second kappa shape index (κ2) is 19.2. The molecule has 0 N–H and O–H groups in total. The molecule has 4 aromatic rings. The zero-order valence-electron chi connectivity index (χ0n) is 34.5. The number of halogens is 2. The van der Waals surface area contributed by atoms with E-state index in [9.17, 15) is 0 Å². The number of benzene rings is 4. The van der Waals surface area contributed by atoms with E-state index in [0.717, 1.165) is 12.8 Å². The van der Waals surface area contributed by atoms with Crippen LogP contribution in [0, 0.1) is 18.8 Å². The van der Waals surface area contributed by atoms with Crippen LogP contribution in [0.4, 0.5) is 0 Å². The predicted octanol–water partition coefficient (Wildman–Crippen LogP) is 7.40. The molecule has 0 amide bonds. The Bertz CT molecular complexity index is 1920. The average molecular weight is 839 g/mol. The Hall–Kier alpha value is -2.31. The summed E-state index contributed by atoms with van der Waals surface area (Å²) in [7, 11) is 0. The van der Waals surface area contributed by atoms with Crippen LogP contribution in [0.15, 0.2) is 109 Å². The molecule has 3 heteroatoms. The maximum atomic E-state index is 2.62. The van der Waals surface area contributed by atoms with Crippen LogP contribution in [0.1, 0.15) is 133 Å². The minimum Gasteiger partial charge on any atom is -1.00 e. The Morgan fingerprint density at radius 2 is 1.31 bits per heavy atom. The van der Waals surface area contributed by atoms with Crippen LogP contribution in [0.3, 0.4) is 0 Å². The van der Waals surface area contributed by atoms with Gasteiger partial charge >= 0.3 is 327 Å². The molecule has 286 valence electrons. The number of hydrogen-bond acceptors (Lipinski definition) is 0. The molecular formula is C51H64Cl2Zr. The second-order valence-corrected chi connectivity index (χ2v) is 23.8. The van der Waals surface area contributed by atoms with Gasteiger partial charge in [-0.2, -0.15) is 0 Å². The molecular weight excluding hydrogens is 775 g/mol. The first-order chi connectivity index (χ1) is 25.0. The van der Waals surface area contributed by atoms with Gasteiger partial charge in [-0.25, -0.2) is 0 Å². The number of allylic oxidation sites excluding steroid dienone is 4. The first-order valence-electron chi connectivity index (χ1n) is 20.5. The van der Waals surface area contributed by atoms with Crippen molar-refractivity contribution < 1.29 is 46.1 Å². The van der Waals surface area contributed by atoms with Gasteiger partial charge in [0.15, 0.2) is 0 Å². The summed E-state index contributed by atoms with van der Waals surface area (Å²) in [4.78, 5) is 0. The van der Waals surface area contributed by atoms with Gasteiger partial charge in [0.25, 0.3) is 0 Å². The molecule has 0 aliphatic heterocycles. The molecule has 4 aromatic carbocycles. The second-order valence-electron chi connectivity index (χ2n) is 17.2. The maximum absolute atomic E-state index is 2.62. The summed E-state index contributed by atoms with van der Waals surface area (Å²) in [5.41, 5.74) is 13.7. The van der Waals surface area contributed by atoms with Crippen LogP contribution >= 0.6 is 0 Å². The molecule has 6 rings (SSSR count). The van der Waals surface area contributed by atoms with Gasteiger partial charge in [0.05, 0.1) is 0 Å². The molecule has 0 aromatic heterocycles. The molecule has 2 aliphatic carbocycles. The van der Waals surface area contributed by atoms with Crippen LogP contribution in [0.25, 0.3) is 11.1 Å². The van der Waals surface area contributed by atoms with Gasteiger partial charge < -0.3 is 24.8 Å². The third-order valence-corrected chi connectivity index (χ3v) is 21.7. The Balaban J connectivity index is 0.00000325. The average Bonchev–Trinajstić information content (AvgIpc) is 3.81. The fraction of sp³-hybridized carbons (Fsp3) is 0.431. The molecule has 2 atom stereocenters. The van der Waals surface area contributed by atoms with Crippen molar-refractivity contribution in [2.45, 2.75) is 128 Å². The fourth-order valence-electron chi connectivity index (χ4n) is 9.42. The third-order valence-electron chi connectivity index (χ3n) is 13.1. The van der Waals surface area contributed by atoms with Crippen molar-refractivity contribution in [1.29, 1.82) is 0 Å². The van der Waals surface area contributed by atoms with E-state index >= 15 is 0 Å². The summed E-state index contributed by atoms with van der Waals surface area (Å²) in [6.07, 6.45) is 20.0. The quantitative estimate of drug-likeness (QED) is 0.103. The van der Waals surface area contributed by atoms with Crippen molar-refractivity contribution >= 4 is 6.48 Å². The molecule has 0 heterocycles. The minimum atomic E-state index is -2.43. The Morgan fingerprint density at radius 3 is 1.89 bits per heavy atom. The smallest absolute Gasteiger partial charge is 1.00 e. The van der Waals surface area contributed by atoms with E-state index in [1.54, 1.807) is 11.1 Å². The third kappa shape index (κ3) is 9.12. The topological polar surface area (TPSA) is 0 Å². The molecule has 0 spiro atoms. The number of rotatable bonds is 15. The van der Waals surface area contributed by atoms with Gasteiger partial charge in [-0.1, -0.05) is 0 Å². The molecule has 0 bridgehead atoms. The molecule has 0 fully saturated rings. The first kappa shape index (κ1) is 44.4. The monoisotopic (exact) mass is 836 g/mol. The van der Waals surface area contributed by atoms with E-state index in [2.05, 4.69) is 172 Å². The zero-order valence-corrected chi connectivity index (χ0v) is 38.5. The summed E-state index contributed by atoms with van der Waals surface area (Å²) >= 11 is -2.43. The molecule has 54 heavy (non-hydrogen) atoms. The SMILES string of the molecule is CCCC[C](CCCC)=[Zr+2]([c]1c(CC(C)C(C)C(C)(C)c2ccccc2)ccc2c1Cc1cc(C)c(C(C)(C)c3ccccc3)cc1-2)[CH]1C=CC=C1.[Cl-].[Cl-]. The maximum Gasteiger partial charge on any atom is -1.00 e. The van der Waals surface area contributed by atoms with E-state index in [0.29, 0.717) is 15.5 Å². The van der Waals surface area contributed by atoms with Crippen LogP contribution < -0.4 is 28.1 Å². The number of hydrogen-bond donors (Lipinski definition) is 0. The summed E-state index contributed by atoms with van der Waals surface area (Å²) in [6, 6.07) is 32.7. The predicted molar refractivity (Wildman–Crippen MR) is 225 cm³/mol. The molecule has 0 nitrogen and oxygen atoms in total. The van der Waals surface area contributed by atoms with Crippen molar-refractivity contribution in [2.75, 3.05) is 0 Å². The summed E-state index contributed by atoms with van der Waals surface area (Å²) in [5.74, 6) is 1.10. The van der Waals surface area contributed by atoms with Crippen molar-refractivity contribution in [2.24, 2.45) is 11.8 Å². The number of unbranched alkanes of at least 4 members (excludes halogenated alkanes) is 2. The molecule has 0 saturated heterocycles. The Morgan fingerprint density at radius 1 is 0.741 bits per heavy atom. The van der Waals surface area contributed by atoms with Crippen LogP contribution in [0.2, 0.25) is 3.63 Å². The Labute approximate surface area is 349 Å². The van der Waals surface area contributed by atoms with Gasteiger partial charge in [-0.05, 0) is 0 Å². The van der Waals surface area contributed by atoms with Gasteiger partial charge in [0, 0.05) is 0 Å². The largest absolute Gasteiger partial charge is 1.00 e. The van der Waals surface area contributed by atoms with Gasteiger partial charge in [0.2, 0.25) is 0 Å². The Kier molecular flexibility index (Phi) is 15.8. The van der Waals surface area contributed by atoms with Crippen molar-refractivity contribution in [3.05, 3.63) is 148 Å². The molecule has 2 aliphatic rings. The standard InChI is InChI=1S/C37H41.C9H18.C5H5.2ClH.Zr/c1-25(27(3)36(4,5)31-14-10-8-11-15-31)20-28-18-19-33-30(22-28)23-29-21-26(2)35(24-34(29)33)37(6,7)32-16-12-9-13-17-32;1-3-5-7-9-8-6-4-2;1-2-4-5-3-1;;;/h8-19,21,24-25,27H,20,23H2,1-7H3;3-8H2,1-2H3;1-5H;2*1H;/q;;;;;+2/p-2. The van der Waals surface area contributed by atoms with Crippen LogP contribution in [-0.2, 0) is 44.9 Å². The van der Waals surface area contributed by atoms with E-state index in [1.165, 1.54) is 77.5 Å². The van der Waals surface area contributed by atoms with Crippen molar-refractivity contribution in [1.82, 2.24) is 0 Å². The summed E-state index contributed by atoms with van der Waals surface area (Å²) in [5, 5.41) is 0. The van der Waals surface area contributed by atoms with E-state index in [1.807, 2.05) is 6.48 Å². The van der Waals surface area contributed by atoms with Gasteiger partial charge in [-0.3, -0.25) is 0 Å². The van der Waals surface area contributed by atoms with Gasteiger partial charge in [0.1, 0.15) is 0 Å². The van der Waals surface area contributed by atoms with Crippen molar-refractivity contribution in [3.63, 3.8) is 0 Å².